The molecule has 2 nitrogen and oxygen atoms in total. The van der Waals surface area contributed by atoms with Crippen LogP contribution in [0.3, 0.4) is 0 Å². The first-order valence-corrected chi connectivity index (χ1v) is 5.52. The van der Waals surface area contributed by atoms with Crippen LogP contribution < -0.4 is 11.1 Å². The highest BCUT2D eigenvalue weighted by atomic mass is 32.1. The van der Waals surface area contributed by atoms with E-state index in [1.165, 1.54) is 11.1 Å². The summed E-state index contributed by atoms with van der Waals surface area (Å²) in [5, 5.41) is 3.33. The lowest BCUT2D eigenvalue weighted by atomic mass is 10.1. The van der Waals surface area contributed by atoms with Crippen LogP contribution in [0.15, 0.2) is 18.2 Å². The third-order valence-corrected chi connectivity index (χ3v) is 3.01. The summed E-state index contributed by atoms with van der Waals surface area (Å²) in [6, 6.07) is 6.33. The van der Waals surface area contributed by atoms with Crippen LogP contribution in [-0.4, -0.2) is 11.5 Å². The zero-order valence-corrected chi connectivity index (χ0v) is 10.3. The van der Waals surface area contributed by atoms with E-state index in [0.717, 1.165) is 12.2 Å². The van der Waals surface area contributed by atoms with E-state index in [-0.39, 0.29) is 5.92 Å². The van der Waals surface area contributed by atoms with Crippen LogP contribution in [0.5, 0.6) is 0 Å². The summed E-state index contributed by atoms with van der Waals surface area (Å²) < 4.78 is 0. The average molecular weight is 222 g/mol. The molecular formula is C12H18N2S. The Bertz CT molecular complexity index is 361. The molecule has 0 saturated heterocycles. The van der Waals surface area contributed by atoms with Crippen molar-refractivity contribution >= 4 is 22.9 Å². The highest BCUT2D eigenvalue weighted by Gasteiger charge is 2.04. The number of nitrogens with one attached hydrogen (secondary N) is 1. The van der Waals surface area contributed by atoms with Crippen molar-refractivity contribution in [2.75, 3.05) is 11.9 Å². The number of rotatable bonds is 4. The van der Waals surface area contributed by atoms with Crippen molar-refractivity contribution in [1.82, 2.24) is 0 Å². The molecule has 15 heavy (non-hydrogen) atoms. The molecule has 0 amide bonds. The summed E-state index contributed by atoms with van der Waals surface area (Å²) >= 11 is 4.92. The second-order valence-corrected chi connectivity index (χ2v) is 4.45. The number of anilines is 1. The zero-order chi connectivity index (χ0) is 11.4. The maximum atomic E-state index is 5.55. The van der Waals surface area contributed by atoms with E-state index in [2.05, 4.69) is 37.4 Å². The van der Waals surface area contributed by atoms with Crippen molar-refractivity contribution in [1.29, 1.82) is 0 Å². The lowest BCUT2D eigenvalue weighted by Crippen LogP contribution is -2.25. The Morgan fingerprint density at radius 3 is 2.60 bits per heavy atom. The summed E-state index contributed by atoms with van der Waals surface area (Å²) in [6.45, 7) is 7.03. The number of hydrogen-bond acceptors (Lipinski definition) is 2. The maximum absolute atomic E-state index is 5.55. The van der Waals surface area contributed by atoms with Gasteiger partial charge >= 0.3 is 0 Å². The van der Waals surface area contributed by atoms with E-state index in [1.54, 1.807) is 0 Å². The summed E-state index contributed by atoms with van der Waals surface area (Å²) in [5.41, 5.74) is 9.27. The molecule has 1 rings (SSSR count). The molecule has 1 atom stereocenters. The molecule has 0 fully saturated rings. The lowest BCUT2D eigenvalue weighted by Gasteiger charge is -2.13. The van der Waals surface area contributed by atoms with Crippen LogP contribution in [0, 0.1) is 19.8 Å². The fraction of sp³-hybridized carbons (Fsp3) is 0.417. The van der Waals surface area contributed by atoms with E-state index in [0.29, 0.717) is 4.99 Å². The van der Waals surface area contributed by atoms with E-state index < -0.39 is 0 Å². The Hall–Kier alpha value is -1.09. The topological polar surface area (TPSA) is 38.0 Å². The summed E-state index contributed by atoms with van der Waals surface area (Å²) in [5.74, 6) is 0.224. The third-order valence-electron chi connectivity index (χ3n) is 2.60. The Morgan fingerprint density at radius 2 is 2.07 bits per heavy atom. The van der Waals surface area contributed by atoms with E-state index in [4.69, 9.17) is 18.0 Å². The first kappa shape index (κ1) is 12.0. The van der Waals surface area contributed by atoms with Gasteiger partial charge in [-0.1, -0.05) is 25.2 Å². The van der Waals surface area contributed by atoms with Gasteiger partial charge < -0.3 is 11.1 Å². The normalized spacial score (nSPS) is 12.2. The molecule has 0 radical (unpaired) electrons. The fourth-order valence-electron chi connectivity index (χ4n) is 1.22. The van der Waals surface area contributed by atoms with Gasteiger partial charge in [0.05, 0.1) is 4.99 Å². The maximum Gasteiger partial charge on any atom is 0.0773 e. The number of aryl methyl sites for hydroxylation is 2. The van der Waals surface area contributed by atoms with Crippen molar-refractivity contribution < 1.29 is 0 Å². The van der Waals surface area contributed by atoms with Gasteiger partial charge in [-0.25, -0.2) is 0 Å². The summed E-state index contributed by atoms with van der Waals surface area (Å²) in [4.78, 5) is 0.561. The van der Waals surface area contributed by atoms with Crippen molar-refractivity contribution in [3.8, 4) is 0 Å². The molecule has 0 aromatic heterocycles. The first-order chi connectivity index (χ1) is 7.00. The highest BCUT2D eigenvalue weighted by molar-refractivity contribution is 7.80. The SMILES string of the molecule is Cc1ccc(NCC(C)C(N)=S)cc1C. The molecule has 0 heterocycles. The molecule has 0 aliphatic carbocycles. The predicted octanol–water partition coefficient (Wildman–Crippen LogP) is 2.64. The Morgan fingerprint density at radius 1 is 1.40 bits per heavy atom. The monoisotopic (exact) mass is 222 g/mol. The molecule has 0 saturated carbocycles. The summed E-state index contributed by atoms with van der Waals surface area (Å²) in [7, 11) is 0. The Balaban J connectivity index is 2.58. The fourth-order valence-corrected chi connectivity index (χ4v) is 1.31. The van der Waals surface area contributed by atoms with Gasteiger partial charge in [-0.15, -0.1) is 0 Å². The molecule has 3 N–H and O–H groups in total. The second kappa shape index (κ2) is 5.12. The molecule has 1 unspecified atom stereocenters. The molecule has 82 valence electrons. The second-order valence-electron chi connectivity index (χ2n) is 3.98. The molecule has 0 aliphatic heterocycles. The number of thiocarbonyl (C=S) groups is 1. The van der Waals surface area contributed by atoms with Gasteiger partial charge in [-0.05, 0) is 37.1 Å². The van der Waals surface area contributed by atoms with Crippen LogP contribution in [0.1, 0.15) is 18.1 Å². The molecule has 0 bridgehead atoms. The Labute approximate surface area is 96.9 Å². The van der Waals surface area contributed by atoms with Crippen LogP contribution >= 0.6 is 12.2 Å². The van der Waals surface area contributed by atoms with Gasteiger partial charge in [0.25, 0.3) is 0 Å². The zero-order valence-electron chi connectivity index (χ0n) is 9.50. The van der Waals surface area contributed by atoms with Crippen LogP contribution in [0.2, 0.25) is 0 Å². The van der Waals surface area contributed by atoms with E-state index in [1.807, 2.05) is 6.92 Å². The van der Waals surface area contributed by atoms with Gasteiger partial charge in [0.1, 0.15) is 0 Å². The van der Waals surface area contributed by atoms with Gasteiger partial charge in [0.2, 0.25) is 0 Å². The quantitative estimate of drug-likeness (QED) is 0.769. The minimum atomic E-state index is 0.224. The molecular weight excluding hydrogens is 204 g/mol. The smallest absolute Gasteiger partial charge is 0.0773 e. The minimum absolute atomic E-state index is 0.224. The van der Waals surface area contributed by atoms with Gasteiger partial charge in [0, 0.05) is 18.2 Å². The number of nitrogens with two attached hydrogens (primary N) is 1. The molecule has 1 aromatic carbocycles. The first-order valence-electron chi connectivity index (χ1n) is 5.11. The molecule has 0 spiro atoms. The van der Waals surface area contributed by atoms with Gasteiger partial charge in [-0.2, -0.15) is 0 Å². The van der Waals surface area contributed by atoms with Crippen LogP contribution in [0.25, 0.3) is 0 Å². The molecule has 0 aliphatic rings. The largest absolute Gasteiger partial charge is 0.393 e. The van der Waals surface area contributed by atoms with Crippen molar-refractivity contribution in [3.63, 3.8) is 0 Å². The highest BCUT2D eigenvalue weighted by Crippen LogP contribution is 2.14. The standard InChI is InChI=1S/C12H18N2S/c1-8-4-5-11(6-9(8)2)14-7-10(3)12(13)15/h4-6,10,14H,7H2,1-3H3,(H2,13,15). The average Bonchev–Trinajstić information content (AvgIpc) is 2.19. The molecule has 3 heteroatoms. The number of hydrogen-bond donors (Lipinski definition) is 2. The summed E-state index contributed by atoms with van der Waals surface area (Å²) in [6.07, 6.45) is 0. The van der Waals surface area contributed by atoms with Crippen LogP contribution in [0.4, 0.5) is 5.69 Å². The van der Waals surface area contributed by atoms with Gasteiger partial charge in [0.15, 0.2) is 0 Å². The predicted molar refractivity (Wildman–Crippen MR) is 70.4 cm³/mol. The lowest BCUT2D eigenvalue weighted by molar-refractivity contribution is 0.821. The van der Waals surface area contributed by atoms with Crippen molar-refractivity contribution in [3.05, 3.63) is 29.3 Å². The third kappa shape index (κ3) is 3.51. The van der Waals surface area contributed by atoms with Gasteiger partial charge in [-0.3, -0.25) is 0 Å². The van der Waals surface area contributed by atoms with Crippen molar-refractivity contribution in [2.45, 2.75) is 20.8 Å². The van der Waals surface area contributed by atoms with Crippen LogP contribution in [-0.2, 0) is 0 Å². The van der Waals surface area contributed by atoms with Crippen molar-refractivity contribution in [2.24, 2.45) is 11.7 Å². The minimum Gasteiger partial charge on any atom is -0.393 e. The number of benzene rings is 1. The Kier molecular flexibility index (Phi) is 4.09. The van der Waals surface area contributed by atoms with E-state index >= 15 is 0 Å². The molecule has 1 aromatic rings. The van der Waals surface area contributed by atoms with E-state index in [9.17, 15) is 0 Å².